The number of imidazole rings is 1. The Balaban J connectivity index is 0.00000289. The average Bonchev–Trinajstić information content (AvgIpc) is 3.43. The summed E-state index contributed by atoms with van der Waals surface area (Å²) < 4.78 is 13.7. The van der Waals surface area contributed by atoms with Crippen LogP contribution in [0.4, 0.5) is 0 Å². The van der Waals surface area contributed by atoms with Crippen molar-refractivity contribution in [2.75, 3.05) is 13.7 Å². The van der Waals surface area contributed by atoms with E-state index in [4.69, 9.17) is 9.47 Å². The summed E-state index contributed by atoms with van der Waals surface area (Å²) in [7, 11) is 1.76. The molecule has 0 bridgehead atoms. The van der Waals surface area contributed by atoms with Crippen molar-refractivity contribution in [1.82, 2.24) is 25.2 Å². The predicted octanol–water partition coefficient (Wildman–Crippen LogP) is 3.47. The molecule has 0 aliphatic carbocycles. The van der Waals surface area contributed by atoms with Crippen LogP contribution >= 0.6 is 24.0 Å². The van der Waals surface area contributed by atoms with Gasteiger partial charge in [-0.15, -0.1) is 24.0 Å². The largest absolute Gasteiger partial charge is 0.494 e. The van der Waals surface area contributed by atoms with Crippen LogP contribution in [0.2, 0.25) is 0 Å². The summed E-state index contributed by atoms with van der Waals surface area (Å²) in [4.78, 5) is 12.8. The van der Waals surface area contributed by atoms with Crippen molar-refractivity contribution < 1.29 is 9.47 Å². The number of aliphatic imine (C=N–C) groups is 1. The Bertz CT molecular complexity index is 1050. The first-order chi connectivity index (χ1) is 15.2. The number of halogens is 1. The van der Waals surface area contributed by atoms with Gasteiger partial charge in [0.1, 0.15) is 29.7 Å². The Kier molecular flexibility index (Phi) is 8.32. The van der Waals surface area contributed by atoms with Gasteiger partial charge in [0.2, 0.25) is 0 Å². The van der Waals surface area contributed by atoms with E-state index in [1.54, 1.807) is 25.8 Å². The number of ether oxygens (including phenoxy) is 2. The second kappa shape index (κ2) is 11.2. The number of benzene rings is 1. The Morgan fingerprint density at radius 2 is 2.09 bits per heavy atom. The molecule has 0 saturated carbocycles. The molecule has 2 N–H and O–H groups in total. The Morgan fingerprint density at radius 1 is 1.25 bits per heavy atom. The molecule has 0 radical (unpaired) electrons. The lowest BCUT2D eigenvalue weighted by molar-refractivity contribution is 0.254. The van der Waals surface area contributed by atoms with E-state index >= 15 is 0 Å². The topological polar surface area (TPSA) is 85.6 Å². The average molecular weight is 548 g/mol. The van der Waals surface area contributed by atoms with Gasteiger partial charge in [0.05, 0.1) is 6.61 Å². The summed E-state index contributed by atoms with van der Waals surface area (Å²) in [5.41, 5.74) is 3.34. The van der Waals surface area contributed by atoms with E-state index in [1.165, 1.54) is 5.56 Å². The minimum absolute atomic E-state index is 0. The number of pyridine rings is 1. The molecule has 1 aromatic carbocycles. The fourth-order valence-corrected chi connectivity index (χ4v) is 3.60. The monoisotopic (exact) mass is 548 g/mol. The lowest BCUT2D eigenvalue weighted by Crippen LogP contribution is -2.36. The molecule has 1 aliphatic rings. The maximum atomic E-state index is 5.92. The highest BCUT2D eigenvalue weighted by Gasteiger charge is 2.21. The highest BCUT2D eigenvalue weighted by Crippen LogP contribution is 2.35. The first kappa shape index (κ1) is 23.8. The highest BCUT2D eigenvalue weighted by molar-refractivity contribution is 14.0. The van der Waals surface area contributed by atoms with Gasteiger partial charge in [0.15, 0.2) is 5.96 Å². The van der Waals surface area contributed by atoms with Crippen LogP contribution in [0.25, 0.3) is 5.82 Å². The molecule has 4 rings (SSSR count). The maximum absolute atomic E-state index is 5.92. The van der Waals surface area contributed by atoms with Crippen LogP contribution in [0.15, 0.2) is 54.2 Å². The van der Waals surface area contributed by atoms with Gasteiger partial charge >= 0.3 is 0 Å². The van der Waals surface area contributed by atoms with Gasteiger partial charge in [-0.3, -0.25) is 9.56 Å². The van der Waals surface area contributed by atoms with Crippen molar-refractivity contribution in [1.29, 1.82) is 0 Å². The molecule has 170 valence electrons. The van der Waals surface area contributed by atoms with Crippen LogP contribution in [0, 0.1) is 0 Å². The zero-order valence-electron chi connectivity index (χ0n) is 18.5. The molecule has 8 nitrogen and oxygen atoms in total. The van der Waals surface area contributed by atoms with Crippen LogP contribution < -0.4 is 20.1 Å². The number of hydrogen-bond acceptors (Lipinski definition) is 5. The number of fused-ring (bicyclic) bond motifs is 1. The first-order valence-corrected chi connectivity index (χ1v) is 10.5. The van der Waals surface area contributed by atoms with Gasteiger partial charge < -0.3 is 20.1 Å². The molecule has 0 saturated heterocycles. The van der Waals surface area contributed by atoms with Gasteiger partial charge in [0.25, 0.3) is 0 Å². The molecule has 32 heavy (non-hydrogen) atoms. The van der Waals surface area contributed by atoms with Gasteiger partial charge in [-0.05, 0) is 43.7 Å². The van der Waals surface area contributed by atoms with Gasteiger partial charge in [-0.1, -0.05) is 0 Å². The molecule has 0 spiro atoms. The predicted molar refractivity (Wildman–Crippen MR) is 135 cm³/mol. The Labute approximate surface area is 205 Å². The second-order valence-corrected chi connectivity index (χ2v) is 7.40. The van der Waals surface area contributed by atoms with Crippen LogP contribution in [-0.4, -0.2) is 40.3 Å². The van der Waals surface area contributed by atoms with Gasteiger partial charge in [-0.25, -0.2) is 9.97 Å². The molecule has 3 heterocycles. The van der Waals surface area contributed by atoms with E-state index in [1.807, 2.05) is 29.8 Å². The number of nitrogens with zero attached hydrogens (tertiary/aromatic N) is 4. The van der Waals surface area contributed by atoms with Gasteiger partial charge in [-0.2, -0.15) is 0 Å². The zero-order chi connectivity index (χ0) is 21.6. The summed E-state index contributed by atoms with van der Waals surface area (Å²) in [6, 6.07) is 8.18. The van der Waals surface area contributed by atoms with E-state index in [9.17, 15) is 0 Å². The third-order valence-corrected chi connectivity index (χ3v) is 5.09. The second-order valence-electron chi connectivity index (χ2n) is 7.40. The van der Waals surface area contributed by atoms with Crippen molar-refractivity contribution in [2.45, 2.75) is 39.5 Å². The van der Waals surface area contributed by atoms with Crippen molar-refractivity contribution in [3.8, 4) is 17.3 Å². The summed E-state index contributed by atoms with van der Waals surface area (Å²) in [5, 5.41) is 6.73. The standard InChI is InChI=1S/C23H28N6O2.HI/c1-4-30-20-11-18-9-16(2)31-21(18)12-19(20)14-28-23(24-3)27-13-17-5-6-26-22(10-17)29-8-7-25-15-29;/h5-8,10-12,15-16H,4,9,13-14H2,1-3H3,(H2,24,27,28);1H. The Morgan fingerprint density at radius 3 is 2.84 bits per heavy atom. The molecule has 0 fully saturated rings. The molecule has 0 amide bonds. The first-order valence-electron chi connectivity index (χ1n) is 10.5. The molecule has 3 aromatic rings. The summed E-state index contributed by atoms with van der Waals surface area (Å²) in [6.07, 6.45) is 8.25. The summed E-state index contributed by atoms with van der Waals surface area (Å²) >= 11 is 0. The molecule has 2 aromatic heterocycles. The minimum Gasteiger partial charge on any atom is -0.494 e. The smallest absolute Gasteiger partial charge is 0.191 e. The lowest BCUT2D eigenvalue weighted by Gasteiger charge is -2.16. The van der Waals surface area contributed by atoms with Crippen LogP contribution in [0.3, 0.4) is 0 Å². The molecular formula is C23H29IN6O2. The number of aromatic nitrogens is 3. The fraction of sp³-hybridized carbons (Fsp3) is 0.348. The molecular weight excluding hydrogens is 519 g/mol. The quantitative estimate of drug-likeness (QED) is 0.267. The molecule has 1 unspecified atom stereocenters. The van der Waals surface area contributed by atoms with Crippen molar-refractivity contribution in [3.63, 3.8) is 0 Å². The molecule has 9 heteroatoms. The van der Waals surface area contributed by atoms with E-state index in [2.05, 4.69) is 44.7 Å². The third-order valence-electron chi connectivity index (χ3n) is 5.09. The lowest BCUT2D eigenvalue weighted by atomic mass is 10.1. The third kappa shape index (κ3) is 5.70. The van der Waals surface area contributed by atoms with E-state index in [0.29, 0.717) is 25.7 Å². The fourth-order valence-electron chi connectivity index (χ4n) is 3.60. The van der Waals surface area contributed by atoms with Crippen molar-refractivity contribution in [3.05, 3.63) is 65.9 Å². The van der Waals surface area contributed by atoms with Crippen molar-refractivity contribution >= 4 is 29.9 Å². The van der Waals surface area contributed by atoms with Crippen LogP contribution in [0.1, 0.15) is 30.5 Å². The molecule has 1 atom stereocenters. The highest BCUT2D eigenvalue weighted by atomic mass is 127. The summed E-state index contributed by atoms with van der Waals surface area (Å²) in [6.45, 7) is 5.90. The van der Waals surface area contributed by atoms with E-state index in [0.717, 1.165) is 34.9 Å². The SMILES string of the molecule is CCOc1cc2c(cc1CNC(=NC)NCc1ccnc(-n3ccnc3)c1)OC(C)C2.I. The number of guanidine groups is 1. The summed E-state index contributed by atoms with van der Waals surface area (Å²) in [5.74, 6) is 3.37. The van der Waals surface area contributed by atoms with Gasteiger partial charge in [0, 0.05) is 56.3 Å². The minimum atomic E-state index is 0. The van der Waals surface area contributed by atoms with E-state index in [-0.39, 0.29) is 30.1 Å². The number of nitrogens with one attached hydrogen (secondary N) is 2. The van der Waals surface area contributed by atoms with Crippen molar-refractivity contribution in [2.24, 2.45) is 4.99 Å². The van der Waals surface area contributed by atoms with E-state index < -0.39 is 0 Å². The normalized spacial score (nSPS) is 14.8. The number of hydrogen-bond donors (Lipinski definition) is 2. The Hall–Kier alpha value is -2.82. The maximum Gasteiger partial charge on any atom is 0.191 e. The zero-order valence-corrected chi connectivity index (χ0v) is 20.9. The number of rotatable bonds is 7. The molecule has 1 aliphatic heterocycles. The van der Waals surface area contributed by atoms with Crippen LogP contribution in [0.5, 0.6) is 11.5 Å². The van der Waals surface area contributed by atoms with Crippen LogP contribution in [-0.2, 0) is 19.5 Å².